The van der Waals surface area contributed by atoms with Crippen LogP contribution in [0.25, 0.3) is 0 Å². The van der Waals surface area contributed by atoms with Gasteiger partial charge in [0.05, 0.1) is 5.92 Å². The minimum atomic E-state index is -0.747. The normalized spacial score (nSPS) is 33.9. The Kier molecular flexibility index (Phi) is 5.75. The summed E-state index contributed by atoms with van der Waals surface area (Å²) in [6.45, 7) is 2.15. The van der Waals surface area contributed by atoms with Gasteiger partial charge in [-0.3, -0.25) is 9.59 Å². The fourth-order valence-electron chi connectivity index (χ4n) is 3.46. The lowest BCUT2D eigenvalue weighted by Gasteiger charge is -2.28. The molecule has 0 radical (unpaired) electrons. The summed E-state index contributed by atoms with van der Waals surface area (Å²) in [6.07, 6.45) is 6.37. The Hall–Kier alpha value is -0.710. The zero-order valence-corrected chi connectivity index (χ0v) is 13.0. The zero-order valence-electron chi connectivity index (χ0n) is 12.1. The van der Waals surface area contributed by atoms with Gasteiger partial charge in [0, 0.05) is 17.2 Å². The molecule has 0 bridgehead atoms. The van der Waals surface area contributed by atoms with E-state index in [0.717, 1.165) is 31.4 Å². The van der Waals surface area contributed by atoms with Crippen LogP contribution < -0.4 is 5.32 Å². The minimum absolute atomic E-state index is 0.0875. The van der Waals surface area contributed by atoms with Crippen LogP contribution in [0.15, 0.2) is 0 Å². The number of hydrogen-bond donors (Lipinski definition) is 2. The summed E-state index contributed by atoms with van der Waals surface area (Å²) in [5.74, 6) is -0.00406. The maximum atomic E-state index is 12.4. The fourth-order valence-corrected chi connectivity index (χ4v) is 4.66. The van der Waals surface area contributed by atoms with Gasteiger partial charge >= 0.3 is 5.97 Å². The number of thioether (sulfide) groups is 1. The van der Waals surface area contributed by atoms with E-state index in [1.807, 2.05) is 11.8 Å². The van der Waals surface area contributed by atoms with Crippen molar-refractivity contribution in [2.45, 2.75) is 63.2 Å². The lowest BCUT2D eigenvalue weighted by Crippen LogP contribution is -2.43. The molecular formula is C15H25NO3S. The van der Waals surface area contributed by atoms with Crippen LogP contribution in [0.1, 0.15) is 51.9 Å². The predicted molar refractivity (Wildman–Crippen MR) is 80.8 cm³/mol. The highest BCUT2D eigenvalue weighted by Gasteiger charge is 2.34. The van der Waals surface area contributed by atoms with Crippen LogP contribution in [-0.4, -0.2) is 34.0 Å². The van der Waals surface area contributed by atoms with E-state index >= 15 is 0 Å². The van der Waals surface area contributed by atoms with Crippen molar-refractivity contribution >= 4 is 23.6 Å². The first-order chi connectivity index (χ1) is 9.61. The average Bonchev–Trinajstić information content (AvgIpc) is 2.86. The van der Waals surface area contributed by atoms with E-state index in [9.17, 15) is 9.59 Å². The Morgan fingerprint density at radius 2 is 1.85 bits per heavy atom. The number of nitrogens with one attached hydrogen (secondary N) is 1. The van der Waals surface area contributed by atoms with Crippen LogP contribution in [0, 0.1) is 11.8 Å². The number of rotatable bonds is 5. The van der Waals surface area contributed by atoms with Crippen LogP contribution in [-0.2, 0) is 9.59 Å². The Morgan fingerprint density at radius 3 is 2.55 bits per heavy atom. The molecule has 4 atom stereocenters. The average molecular weight is 299 g/mol. The highest BCUT2D eigenvalue weighted by atomic mass is 32.2. The first kappa shape index (κ1) is 15.7. The summed E-state index contributed by atoms with van der Waals surface area (Å²) >= 11 is 1.93. The molecule has 0 saturated heterocycles. The summed E-state index contributed by atoms with van der Waals surface area (Å²) < 4.78 is 0. The van der Waals surface area contributed by atoms with Gasteiger partial charge < -0.3 is 10.4 Å². The third kappa shape index (κ3) is 3.90. The van der Waals surface area contributed by atoms with Crippen molar-refractivity contribution in [1.29, 1.82) is 0 Å². The second-order valence-corrected chi connectivity index (χ2v) is 7.45. The van der Waals surface area contributed by atoms with Gasteiger partial charge in [0.25, 0.3) is 0 Å². The largest absolute Gasteiger partial charge is 0.481 e. The lowest BCUT2D eigenvalue weighted by molar-refractivity contribution is -0.144. The van der Waals surface area contributed by atoms with Gasteiger partial charge in [0.15, 0.2) is 0 Å². The molecular weight excluding hydrogens is 274 g/mol. The van der Waals surface area contributed by atoms with E-state index in [4.69, 9.17) is 5.11 Å². The van der Waals surface area contributed by atoms with E-state index in [-0.39, 0.29) is 23.8 Å². The molecule has 4 nitrogen and oxygen atoms in total. The maximum Gasteiger partial charge on any atom is 0.306 e. The Morgan fingerprint density at radius 1 is 1.15 bits per heavy atom. The Balaban J connectivity index is 1.86. The molecule has 2 saturated carbocycles. The first-order valence-corrected chi connectivity index (χ1v) is 8.81. The van der Waals surface area contributed by atoms with E-state index in [1.165, 1.54) is 12.8 Å². The van der Waals surface area contributed by atoms with Crippen molar-refractivity contribution in [2.24, 2.45) is 11.8 Å². The Labute approximate surface area is 125 Å². The van der Waals surface area contributed by atoms with E-state index in [2.05, 4.69) is 12.2 Å². The molecule has 0 aromatic rings. The molecule has 0 aromatic heterocycles. The predicted octanol–water partition coefficient (Wildman–Crippen LogP) is 2.67. The number of amides is 1. The van der Waals surface area contributed by atoms with Gasteiger partial charge in [-0.2, -0.15) is 11.8 Å². The highest BCUT2D eigenvalue weighted by Crippen LogP contribution is 2.32. The van der Waals surface area contributed by atoms with Crippen molar-refractivity contribution < 1.29 is 14.7 Å². The molecule has 0 aromatic carbocycles. The van der Waals surface area contributed by atoms with Gasteiger partial charge in [-0.1, -0.05) is 19.8 Å². The van der Waals surface area contributed by atoms with Gasteiger partial charge in [-0.25, -0.2) is 0 Å². The molecule has 2 aliphatic rings. The molecule has 0 spiro atoms. The summed E-state index contributed by atoms with van der Waals surface area (Å²) in [5.41, 5.74) is 0. The van der Waals surface area contributed by atoms with Crippen LogP contribution in [0.3, 0.4) is 0 Å². The zero-order chi connectivity index (χ0) is 14.5. The first-order valence-electron chi connectivity index (χ1n) is 7.76. The van der Waals surface area contributed by atoms with E-state index in [0.29, 0.717) is 11.7 Å². The number of carbonyl (C=O) groups is 2. The second-order valence-electron chi connectivity index (χ2n) is 5.94. The number of carboxylic acid groups (broad SMARTS) is 1. The fraction of sp³-hybridized carbons (Fsp3) is 0.867. The van der Waals surface area contributed by atoms with Gasteiger partial charge in [-0.05, 0) is 37.9 Å². The summed E-state index contributed by atoms with van der Waals surface area (Å²) in [7, 11) is 0. The van der Waals surface area contributed by atoms with Crippen molar-refractivity contribution in [3.63, 3.8) is 0 Å². The topological polar surface area (TPSA) is 66.4 Å². The molecule has 5 heteroatoms. The molecule has 20 heavy (non-hydrogen) atoms. The van der Waals surface area contributed by atoms with E-state index < -0.39 is 5.97 Å². The summed E-state index contributed by atoms with van der Waals surface area (Å²) in [5, 5.41) is 12.8. The third-order valence-corrected chi connectivity index (χ3v) is 5.88. The van der Waals surface area contributed by atoms with Crippen molar-refractivity contribution in [1.82, 2.24) is 5.32 Å². The highest BCUT2D eigenvalue weighted by molar-refractivity contribution is 7.99. The van der Waals surface area contributed by atoms with Gasteiger partial charge in [-0.15, -0.1) is 0 Å². The molecule has 114 valence electrons. The monoisotopic (exact) mass is 299 g/mol. The molecule has 0 aliphatic heterocycles. The van der Waals surface area contributed by atoms with E-state index in [1.54, 1.807) is 0 Å². The van der Waals surface area contributed by atoms with Crippen LogP contribution in [0.5, 0.6) is 0 Å². The SMILES string of the molecule is CCSC1CCCC1NC(=O)C1CCCC(C(=O)O)C1. The standard InChI is InChI=1S/C15H25NO3S/c1-2-20-13-8-4-7-12(13)16-14(17)10-5-3-6-11(9-10)15(18)19/h10-13H,2-9H2,1H3,(H,16,17)(H,18,19). The lowest BCUT2D eigenvalue weighted by atomic mass is 9.81. The number of carbonyl (C=O) groups excluding carboxylic acids is 1. The Bertz CT molecular complexity index is 361. The maximum absolute atomic E-state index is 12.4. The summed E-state index contributed by atoms with van der Waals surface area (Å²) in [4.78, 5) is 23.4. The van der Waals surface area contributed by atoms with Crippen molar-refractivity contribution in [2.75, 3.05) is 5.75 Å². The summed E-state index contributed by atoms with van der Waals surface area (Å²) in [6, 6.07) is 0.289. The molecule has 4 unspecified atom stereocenters. The van der Waals surface area contributed by atoms with Gasteiger partial charge in [0.1, 0.15) is 0 Å². The molecule has 2 rings (SSSR count). The number of carboxylic acids is 1. The van der Waals surface area contributed by atoms with Crippen LogP contribution in [0.4, 0.5) is 0 Å². The molecule has 1 amide bonds. The molecule has 2 N–H and O–H groups in total. The minimum Gasteiger partial charge on any atom is -0.481 e. The van der Waals surface area contributed by atoms with Crippen LogP contribution >= 0.6 is 11.8 Å². The molecule has 2 aliphatic carbocycles. The number of aliphatic carboxylic acids is 1. The third-order valence-electron chi connectivity index (χ3n) is 4.56. The van der Waals surface area contributed by atoms with Crippen molar-refractivity contribution in [3.05, 3.63) is 0 Å². The van der Waals surface area contributed by atoms with Crippen LogP contribution in [0.2, 0.25) is 0 Å². The molecule has 2 fully saturated rings. The van der Waals surface area contributed by atoms with Crippen molar-refractivity contribution in [3.8, 4) is 0 Å². The van der Waals surface area contributed by atoms with Gasteiger partial charge in [0.2, 0.25) is 5.91 Å². The molecule has 0 heterocycles. The second kappa shape index (κ2) is 7.34. The smallest absolute Gasteiger partial charge is 0.306 e. The quantitative estimate of drug-likeness (QED) is 0.819. The number of hydrogen-bond acceptors (Lipinski definition) is 3.